The Labute approximate surface area is 145 Å². The molecule has 4 nitrogen and oxygen atoms in total. The summed E-state index contributed by atoms with van der Waals surface area (Å²) >= 11 is 12.1. The zero-order valence-electron chi connectivity index (χ0n) is 12.6. The molecule has 0 amide bonds. The largest absolute Gasteiger partial charge is 0.496 e. The second-order valence-electron chi connectivity index (χ2n) is 5.38. The smallest absolute Gasteiger partial charge is 0.189 e. The van der Waals surface area contributed by atoms with Crippen molar-refractivity contribution in [3.8, 4) is 5.75 Å². The normalized spacial score (nSPS) is 20.6. The molecular formula is C17H17Cl2N3O. The third-order valence-corrected chi connectivity index (χ3v) is 4.66. The fourth-order valence-electron chi connectivity index (χ4n) is 2.81. The molecule has 6 heteroatoms. The molecule has 0 radical (unpaired) electrons. The van der Waals surface area contributed by atoms with E-state index in [1.165, 1.54) is 0 Å². The van der Waals surface area contributed by atoms with Crippen molar-refractivity contribution in [3.63, 3.8) is 0 Å². The monoisotopic (exact) mass is 349 g/mol. The van der Waals surface area contributed by atoms with Gasteiger partial charge in [-0.2, -0.15) is 0 Å². The van der Waals surface area contributed by atoms with Crippen molar-refractivity contribution in [2.75, 3.05) is 7.11 Å². The van der Waals surface area contributed by atoms with Gasteiger partial charge >= 0.3 is 0 Å². The summed E-state index contributed by atoms with van der Waals surface area (Å²) in [5.74, 6) is 1.23. The maximum atomic E-state index is 6.12. The summed E-state index contributed by atoms with van der Waals surface area (Å²) in [7, 11) is 1.66. The summed E-state index contributed by atoms with van der Waals surface area (Å²) in [5.41, 5.74) is 8.03. The number of nitrogens with one attached hydrogen (secondary N) is 1. The second kappa shape index (κ2) is 6.69. The van der Waals surface area contributed by atoms with Crippen LogP contribution in [0.1, 0.15) is 29.6 Å². The number of benzene rings is 2. The summed E-state index contributed by atoms with van der Waals surface area (Å²) in [6.07, 6.45) is 0.749. The summed E-state index contributed by atoms with van der Waals surface area (Å²) in [6.45, 7) is 0. The first-order chi connectivity index (χ1) is 11.1. The van der Waals surface area contributed by atoms with E-state index >= 15 is 0 Å². The van der Waals surface area contributed by atoms with Crippen LogP contribution in [0, 0.1) is 0 Å². The van der Waals surface area contributed by atoms with Crippen molar-refractivity contribution < 1.29 is 4.74 Å². The van der Waals surface area contributed by atoms with Gasteiger partial charge in [0, 0.05) is 5.56 Å². The molecule has 2 atom stereocenters. The van der Waals surface area contributed by atoms with Gasteiger partial charge in [0.2, 0.25) is 0 Å². The minimum atomic E-state index is -0.0825. The fraction of sp³-hybridized carbons (Fsp3) is 0.235. The van der Waals surface area contributed by atoms with Crippen molar-refractivity contribution in [2.45, 2.75) is 18.5 Å². The van der Waals surface area contributed by atoms with Crippen LogP contribution < -0.4 is 15.8 Å². The average molecular weight is 350 g/mol. The van der Waals surface area contributed by atoms with Gasteiger partial charge in [0.15, 0.2) is 5.96 Å². The van der Waals surface area contributed by atoms with Gasteiger partial charge in [-0.1, -0.05) is 47.5 Å². The van der Waals surface area contributed by atoms with E-state index in [-0.39, 0.29) is 12.1 Å². The summed E-state index contributed by atoms with van der Waals surface area (Å²) in [4.78, 5) is 4.50. The minimum Gasteiger partial charge on any atom is -0.496 e. The van der Waals surface area contributed by atoms with E-state index in [4.69, 9.17) is 33.7 Å². The zero-order chi connectivity index (χ0) is 16.4. The molecular weight excluding hydrogens is 333 g/mol. The van der Waals surface area contributed by atoms with Gasteiger partial charge in [0.25, 0.3) is 0 Å². The van der Waals surface area contributed by atoms with Crippen LogP contribution in [-0.2, 0) is 0 Å². The molecule has 2 aromatic carbocycles. The lowest BCUT2D eigenvalue weighted by molar-refractivity contribution is 0.394. The number of halogens is 2. The highest BCUT2D eigenvalue weighted by Crippen LogP contribution is 2.37. The predicted molar refractivity (Wildman–Crippen MR) is 94.3 cm³/mol. The standard InChI is InChI=1S/C17H17Cl2N3O/c1-23-16-5-3-2-4-11(16)15-9-14(21-17(20)22-15)10-6-7-12(18)13(19)8-10/h2-8,14-15H,9H2,1H3,(H3,20,21,22). The number of rotatable bonds is 3. The lowest BCUT2D eigenvalue weighted by atomic mass is 9.93. The van der Waals surface area contributed by atoms with E-state index in [2.05, 4.69) is 10.3 Å². The quantitative estimate of drug-likeness (QED) is 0.877. The Hall–Kier alpha value is -1.91. The van der Waals surface area contributed by atoms with Gasteiger partial charge in [0.1, 0.15) is 5.75 Å². The summed E-state index contributed by atoms with van der Waals surface area (Å²) < 4.78 is 5.45. The van der Waals surface area contributed by atoms with E-state index < -0.39 is 0 Å². The van der Waals surface area contributed by atoms with Gasteiger partial charge in [-0.05, 0) is 30.2 Å². The number of guanidine groups is 1. The molecule has 0 fully saturated rings. The van der Waals surface area contributed by atoms with Crippen LogP contribution in [-0.4, -0.2) is 13.1 Å². The molecule has 1 aliphatic rings. The Morgan fingerprint density at radius 3 is 2.70 bits per heavy atom. The lowest BCUT2D eigenvalue weighted by Gasteiger charge is -2.29. The molecule has 1 heterocycles. The summed E-state index contributed by atoms with van der Waals surface area (Å²) in [6, 6.07) is 13.4. The maximum absolute atomic E-state index is 6.12. The molecule has 120 valence electrons. The van der Waals surface area contributed by atoms with E-state index in [0.29, 0.717) is 16.0 Å². The number of nitrogens with zero attached hydrogens (tertiary/aromatic N) is 1. The topological polar surface area (TPSA) is 59.6 Å². The number of nitrogens with two attached hydrogens (primary N) is 1. The lowest BCUT2D eigenvalue weighted by Crippen LogP contribution is -2.39. The van der Waals surface area contributed by atoms with E-state index in [9.17, 15) is 0 Å². The van der Waals surface area contributed by atoms with Crippen molar-refractivity contribution >= 4 is 29.2 Å². The van der Waals surface area contributed by atoms with Crippen molar-refractivity contribution in [2.24, 2.45) is 10.7 Å². The van der Waals surface area contributed by atoms with Crippen LogP contribution in [0.25, 0.3) is 0 Å². The Morgan fingerprint density at radius 1 is 1.17 bits per heavy atom. The van der Waals surface area contributed by atoms with Gasteiger partial charge in [-0.25, -0.2) is 4.99 Å². The fourth-order valence-corrected chi connectivity index (χ4v) is 3.11. The highest BCUT2D eigenvalue weighted by molar-refractivity contribution is 6.42. The van der Waals surface area contributed by atoms with E-state index in [1.54, 1.807) is 13.2 Å². The van der Waals surface area contributed by atoms with Gasteiger partial charge in [0.05, 0.1) is 29.2 Å². The SMILES string of the molecule is COc1ccccc1C1CC(c2ccc(Cl)c(Cl)c2)N=C(N)N1. The number of ether oxygens (including phenoxy) is 1. The van der Waals surface area contributed by atoms with Crippen LogP contribution in [0.2, 0.25) is 10.0 Å². The zero-order valence-corrected chi connectivity index (χ0v) is 14.1. The highest BCUT2D eigenvalue weighted by atomic mass is 35.5. The number of aliphatic imine (C=N–C) groups is 1. The summed E-state index contributed by atoms with van der Waals surface area (Å²) in [5, 5.41) is 4.27. The van der Waals surface area contributed by atoms with Crippen molar-refractivity contribution in [1.82, 2.24) is 5.32 Å². The van der Waals surface area contributed by atoms with Crippen molar-refractivity contribution in [3.05, 3.63) is 63.6 Å². The Kier molecular flexibility index (Phi) is 4.64. The predicted octanol–water partition coefficient (Wildman–Crippen LogP) is 4.09. The highest BCUT2D eigenvalue weighted by Gasteiger charge is 2.26. The first-order valence-corrected chi connectivity index (χ1v) is 8.01. The average Bonchev–Trinajstić information content (AvgIpc) is 2.56. The Bertz CT molecular complexity index is 748. The molecule has 2 unspecified atom stereocenters. The van der Waals surface area contributed by atoms with Crippen LogP contribution in [0.15, 0.2) is 47.5 Å². The van der Waals surface area contributed by atoms with Gasteiger partial charge < -0.3 is 15.8 Å². The molecule has 0 bridgehead atoms. The molecule has 1 aliphatic heterocycles. The van der Waals surface area contributed by atoms with Crippen molar-refractivity contribution in [1.29, 1.82) is 0 Å². The second-order valence-corrected chi connectivity index (χ2v) is 6.19. The number of methoxy groups -OCH3 is 1. The molecule has 0 spiro atoms. The molecule has 0 aromatic heterocycles. The molecule has 23 heavy (non-hydrogen) atoms. The van der Waals surface area contributed by atoms with E-state index in [1.807, 2.05) is 36.4 Å². The maximum Gasteiger partial charge on any atom is 0.189 e. The van der Waals surface area contributed by atoms with E-state index in [0.717, 1.165) is 23.3 Å². The van der Waals surface area contributed by atoms with Crippen LogP contribution in [0.5, 0.6) is 5.75 Å². The third kappa shape index (κ3) is 3.38. The number of hydrogen-bond donors (Lipinski definition) is 2. The molecule has 0 aliphatic carbocycles. The third-order valence-electron chi connectivity index (χ3n) is 3.92. The molecule has 0 saturated carbocycles. The molecule has 3 N–H and O–H groups in total. The first-order valence-electron chi connectivity index (χ1n) is 7.26. The number of para-hydroxylation sites is 1. The first kappa shape index (κ1) is 16.0. The Morgan fingerprint density at radius 2 is 1.96 bits per heavy atom. The van der Waals surface area contributed by atoms with Gasteiger partial charge in [-0.15, -0.1) is 0 Å². The Balaban J connectivity index is 1.92. The minimum absolute atomic E-state index is 0.0168. The van der Waals surface area contributed by atoms with Crippen LogP contribution in [0.4, 0.5) is 0 Å². The molecule has 2 aromatic rings. The van der Waals surface area contributed by atoms with Crippen LogP contribution in [0.3, 0.4) is 0 Å². The van der Waals surface area contributed by atoms with Gasteiger partial charge in [-0.3, -0.25) is 0 Å². The van der Waals surface area contributed by atoms with Crippen LogP contribution >= 0.6 is 23.2 Å². The number of hydrogen-bond acceptors (Lipinski definition) is 4. The molecule has 3 rings (SSSR count). The molecule has 0 saturated heterocycles.